The summed E-state index contributed by atoms with van der Waals surface area (Å²) >= 11 is 3.06. The molecule has 0 aliphatic heterocycles. The van der Waals surface area contributed by atoms with Crippen molar-refractivity contribution >= 4 is 29.3 Å². The molecule has 3 aromatic rings. The van der Waals surface area contributed by atoms with Gasteiger partial charge in [-0.2, -0.15) is 9.97 Å². The lowest BCUT2D eigenvalue weighted by Crippen LogP contribution is -2.00. The van der Waals surface area contributed by atoms with Crippen molar-refractivity contribution in [1.29, 1.82) is 0 Å². The molecule has 0 N–H and O–H groups in total. The third-order valence-electron chi connectivity index (χ3n) is 2.62. The van der Waals surface area contributed by atoms with E-state index in [-0.39, 0.29) is 0 Å². The number of hydrogen-bond donors (Lipinski definition) is 0. The maximum Gasteiger partial charge on any atom is 0.259 e. The van der Waals surface area contributed by atoms with E-state index in [1.54, 1.807) is 11.8 Å². The van der Waals surface area contributed by atoms with Gasteiger partial charge < -0.3 is 0 Å². The quantitative estimate of drug-likeness (QED) is 0.691. The monoisotopic (exact) mass is 289 g/mol. The molecule has 0 atom stereocenters. The van der Waals surface area contributed by atoms with Gasteiger partial charge in [0.25, 0.3) is 5.78 Å². The highest BCUT2D eigenvalue weighted by molar-refractivity contribution is 7.99. The molecular weight excluding hydrogens is 278 g/mol. The van der Waals surface area contributed by atoms with Gasteiger partial charge in [0.2, 0.25) is 0 Å². The van der Waals surface area contributed by atoms with E-state index in [1.165, 1.54) is 11.8 Å². The largest absolute Gasteiger partial charge is 0.259 e. The molecule has 0 bridgehead atoms. The predicted octanol–water partition coefficient (Wildman–Crippen LogP) is 2.63. The Bertz CT molecular complexity index is 711. The molecule has 0 fully saturated rings. The second kappa shape index (κ2) is 5.18. The van der Waals surface area contributed by atoms with Crippen molar-refractivity contribution in [2.45, 2.75) is 10.3 Å². The zero-order valence-electron chi connectivity index (χ0n) is 10.4. The van der Waals surface area contributed by atoms with E-state index in [1.807, 2.05) is 47.2 Å². The fraction of sp³-hybridized carbons (Fsp3) is 0.167. The molecular formula is C12H11N5S2. The van der Waals surface area contributed by atoms with Crippen molar-refractivity contribution in [3.8, 4) is 11.4 Å². The van der Waals surface area contributed by atoms with Crippen LogP contribution in [0.4, 0.5) is 0 Å². The molecule has 0 amide bonds. The summed E-state index contributed by atoms with van der Waals surface area (Å²) in [6, 6.07) is 9.94. The Hall–Kier alpha value is -1.60. The molecule has 0 saturated heterocycles. The van der Waals surface area contributed by atoms with E-state index >= 15 is 0 Å². The highest BCUT2D eigenvalue weighted by Gasteiger charge is 2.14. The van der Waals surface area contributed by atoms with Crippen molar-refractivity contribution in [2.24, 2.45) is 0 Å². The van der Waals surface area contributed by atoms with Crippen molar-refractivity contribution in [2.75, 3.05) is 12.5 Å². The number of benzene rings is 1. The number of nitrogens with zero attached hydrogens (tertiary/aromatic N) is 5. The molecule has 0 aliphatic carbocycles. The molecule has 0 aliphatic rings. The van der Waals surface area contributed by atoms with E-state index in [0.29, 0.717) is 10.9 Å². The minimum absolute atomic E-state index is 0.586. The fourth-order valence-electron chi connectivity index (χ4n) is 1.77. The second-order valence-electron chi connectivity index (χ2n) is 3.72. The normalized spacial score (nSPS) is 11.1. The van der Waals surface area contributed by atoms with Crippen LogP contribution >= 0.6 is 23.5 Å². The maximum atomic E-state index is 4.49. The molecule has 0 radical (unpaired) electrons. The molecule has 0 unspecified atom stereocenters. The van der Waals surface area contributed by atoms with E-state index in [4.69, 9.17) is 0 Å². The Kier molecular flexibility index (Phi) is 3.39. The highest BCUT2D eigenvalue weighted by Crippen LogP contribution is 2.23. The Morgan fingerprint density at radius 1 is 0.947 bits per heavy atom. The predicted molar refractivity (Wildman–Crippen MR) is 77.6 cm³/mol. The summed E-state index contributed by atoms with van der Waals surface area (Å²) < 4.78 is 1.89. The van der Waals surface area contributed by atoms with Crippen LogP contribution in [0.25, 0.3) is 17.2 Å². The zero-order valence-corrected chi connectivity index (χ0v) is 12.1. The molecule has 7 heteroatoms. The van der Waals surface area contributed by atoms with Crippen LogP contribution in [0.5, 0.6) is 0 Å². The number of hydrogen-bond acceptors (Lipinski definition) is 6. The third-order valence-corrected chi connectivity index (χ3v) is 3.81. The Labute approximate surface area is 118 Å². The molecule has 3 rings (SSSR count). The van der Waals surface area contributed by atoms with Gasteiger partial charge in [-0.05, 0) is 12.5 Å². The molecule has 2 aromatic heterocycles. The van der Waals surface area contributed by atoms with Gasteiger partial charge in [-0.1, -0.05) is 53.9 Å². The van der Waals surface area contributed by atoms with E-state index < -0.39 is 0 Å². The van der Waals surface area contributed by atoms with Gasteiger partial charge in [0.1, 0.15) is 0 Å². The van der Waals surface area contributed by atoms with Gasteiger partial charge in [0.15, 0.2) is 16.1 Å². The first kappa shape index (κ1) is 12.4. The number of thioether (sulfide) groups is 2. The van der Waals surface area contributed by atoms with E-state index in [2.05, 4.69) is 20.2 Å². The van der Waals surface area contributed by atoms with Crippen LogP contribution < -0.4 is 0 Å². The first-order chi connectivity index (χ1) is 9.33. The standard InChI is InChI=1S/C12H11N5S2/c1-18-11-13-10-16-15-9(8-6-4-3-5-7-8)17(10)12(14-11)19-2/h3-7H,1-2H3. The molecule has 0 spiro atoms. The van der Waals surface area contributed by atoms with Crippen LogP contribution in [0, 0.1) is 0 Å². The van der Waals surface area contributed by atoms with Crippen LogP contribution in [0.1, 0.15) is 0 Å². The summed E-state index contributed by atoms with van der Waals surface area (Å²) in [6.45, 7) is 0. The summed E-state index contributed by atoms with van der Waals surface area (Å²) in [5.41, 5.74) is 1.01. The average molecular weight is 289 g/mol. The van der Waals surface area contributed by atoms with Crippen LogP contribution in [-0.2, 0) is 0 Å². The molecule has 96 valence electrons. The van der Waals surface area contributed by atoms with Crippen LogP contribution in [-0.4, -0.2) is 37.1 Å². The summed E-state index contributed by atoms with van der Waals surface area (Å²) in [5, 5.41) is 9.94. The smallest absolute Gasteiger partial charge is 0.237 e. The van der Waals surface area contributed by atoms with Gasteiger partial charge in [0, 0.05) is 5.56 Å². The van der Waals surface area contributed by atoms with E-state index in [9.17, 15) is 0 Å². The minimum atomic E-state index is 0.586. The number of fused-ring (bicyclic) bond motifs is 1. The van der Waals surface area contributed by atoms with E-state index in [0.717, 1.165) is 16.5 Å². The minimum Gasteiger partial charge on any atom is -0.237 e. The lowest BCUT2D eigenvalue weighted by Gasteiger charge is -2.05. The first-order valence-electron chi connectivity index (χ1n) is 5.60. The Balaban J connectivity index is 2.28. The summed E-state index contributed by atoms with van der Waals surface area (Å²) in [4.78, 5) is 8.87. The van der Waals surface area contributed by atoms with Crippen LogP contribution in [0.3, 0.4) is 0 Å². The van der Waals surface area contributed by atoms with Crippen molar-refractivity contribution in [3.05, 3.63) is 30.3 Å². The van der Waals surface area contributed by atoms with Crippen LogP contribution in [0.15, 0.2) is 40.6 Å². The van der Waals surface area contributed by atoms with Gasteiger partial charge in [-0.25, -0.2) is 4.40 Å². The third kappa shape index (κ3) is 2.19. The van der Waals surface area contributed by atoms with Crippen LogP contribution in [0.2, 0.25) is 0 Å². The van der Waals surface area contributed by atoms with Gasteiger partial charge >= 0.3 is 0 Å². The van der Waals surface area contributed by atoms with Gasteiger partial charge in [-0.3, -0.25) is 0 Å². The molecule has 0 saturated carbocycles. The molecule has 19 heavy (non-hydrogen) atoms. The summed E-state index contributed by atoms with van der Waals surface area (Å²) in [5.74, 6) is 1.36. The van der Waals surface area contributed by atoms with Gasteiger partial charge in [-0.15, -0.1) is 10.2 Å². The fourth-order valence-corrected chi connectivity index (χ4v) is 2.71. The summed E-state index contributed by atoms with van der Waals surface area (Å²) in [7, 11) is 0. The maximum absolute atomic E-state index is 4.49. The lowest BCUT2D eigenvalue weighted by molar-refractivity contribution is 0.786. The molecule has 5 nitrogen and oxygen atoms in total. The summed E-state index contributed by atoms with van der Waals surface area (Å²) in [6.07, 6.45) is 3.94. The molecule has 1 aromatic carbocycles. The lowest BCUT2D eigenvalue weighted by atomic mass is 10.2. The topological polar surface area (TPSA) is 56.0 Å². The number of aromatic nitrogens is 5. The van der Waals surface area contributed by atoms with Crippen molar-refractivity contribution in [3.63, 3.8) is 0 Å². The SMILES string of the molecule is CSc1nc(SC)n2c(-c3ccccc3)nnc2n1. The van der Waals surface area contributed by atoms with Crippen molar-refractivity contribution in [1.82, 2.24) is 24.6 Å². The molecule has 2 heterocycles. The Morgan fingerprint density at radius 3 is 2.42 bits per heavy atom. The Morgan fingerprint density at radius 2 is 1.74 bits per heavy atom. The highest BCUT2D eigenvalue weighted by atomic mass is 32.2. The van der Waals surface area contributed by atoms with Gasteiger partial charge in [0.05, 0.1) is 0 Å². The zero-order chi connectivity index (χ0) is 13.2. The second-order valence-corrected chi connectivity index (χ2v) is 5.27. The average Bonchev–Trinajstić information content (AvgIpc) is 2.91. The first-order valence-corrected chi connectivity index (χ1v) is 8.05. The van der Waals surface area contributed by atoms with Crippen molar-refractivity contribution < 1.29 is 0 Å². The number of rotatable bonds is 3.